The van der Waals surface area contributed by atoms with E-state index in [2.05, 4.69) is 10.1 Å². The van der Waals surface area contributed by atoms with Crippen molar-refractivity contribution in [3.05, 3.63) is 29.8 Å². The lowest BCUT2D eigenvalue weighted by Gasteiger charge is -2.12. The van der Waals surface area contributed by atoms with Gasteiger partial charge in [0.15, 0.2) is 17.6 Å². The molecular weight excluding hydrogens is 336 g/mol. The largest absolute Gasteiger partial charge is 0.493 e. The molecule has 0 saturated heterocycles. The maximum Gasteiger partial charge on any atom is 0.387 e. The van der Waals surface area contributed by atoms with Gasteiger partial charge in [-0.1, -0.05) is 6.07 Å². The van der Waals surface area contributed by atoms with E-state index in [1.165, 1.54) is 38.3 Å². The molecule has 0 bridgehead atoms. The molecular formula is C17H19F2NO5. The number of esters is 1. The van der Waals surface area contributed by atoms with Gasteiger partial charge >= 0.3 is 12.6 Å². The summed E-state index contributed by atoms with van der Waals surface area (Å²) in [6, 6.07) is 4.41. The summed E-state index contributed by atoms with van der Waals surface area (Å²) in [5.74, 6) is -1.03. The fraction of sp³-hybridized carbons (Fsp3) is 0.412. The van der Waals surface area contributed by atoms with E-state index >= 15 is 0 Å². The molecule has 0 spiro atoms. The Morgan fingerprint density at radius 1 is 1.28 bits per heavy atom. The highest BCUT2D eigenvalue weighted by atomic mass is 19.3. The van der Waals surface area contributed by atoms with Crippen molar-refractivity contribution in [3.8, 4) is 11.5 Å². The van der Waals surface area contributed by atoms with Crippen LogP contribution in [0.5, 0.6) is 11.5 Å². The van der Waals surface area contributed by atoms with Gasteiger partial charge in [-0.2, -0.15) is 8.78 Å². The highest BCUT2D eigenvalue weighted by Gasteiger charge is 2.26. The van der Waals surface area contributed by atoms with Gasteiger partial charge < -0.3 is 19.5 Å². The Morgan fingerprint density at radius 3 is 2.60 bits per heavy atom. The van der Waals surface area contributed by atoms with Crippen molar-refractivity contribution in [2.24, 2.45) is 0 Å². The zero-order chi connectivity index (χ0) is 18.4. The lowest BCUT2D eigenvalue weighted by Crippen LogP contribution is -2.36. The second-order valence-corrected chi connectivity index (χ2v) is 5.48. The maximum absolute atomic E-state index is 12.3. The Labute approximate surface area is 143 Å². The first-order valence-electron chi connectivity index (χ1n) is 7.71. The predicted octanol–water partition coefficient (Wildman–Crippen LogP) is 2.52. The van der Waals surface area contributed by atoms with Crippen LogP contribution in [0.25, 0.3) is 6.08 Å². The van der Waals surface area contributed by atoms with Gasteiger partial charge in [-0.25, -0.2) is 4.79 Å². The third kappa shape index (κ3) is 6.06. The van der Waals surface area contributed by atoms with Crippen LogP contribution in [0.1, 0.15) is 25.3 Å². The molecule has 25 heavy (non-hydrogen) atoms. The number of methoxy groups -OCH3 is 1. The van der Waals surface area contributed by atoms with E-state index in [1.807, 2.05) is 0 Å². The topological polar surface area (TPSA) is 73.9 Å². The minimum Gasteiger partial charge on any atom is -0.493 e. The molecule has 8 heteroatoms. The second-order valence-electron chi connectivity index (χ2n) is 5.48. The van der Waals surface area contributed by atoms with E-state index in [4.69, 9.17) is 9.47 Å². The first kappa shape index (κ1) is 18.7. The summed E-state index contributed by atoms with van der Waals surface area (Å²) in [4.78, 5) is 23.5. The number of hydrogen-bond acceptors (Lipinski definition) is 5. The zero-order valence-electron chi connectivity index (χ0n) is 13.8. The molecule has 0 heterocycles. The SMILES string of the molecule is COc1cc(/C=C/C(=O)O[C@H](C)C(=O)NC2CC2)ccc1OC(F)F. The number of halogens is 2. The molecule has 1 amide bonds. The van der Waals surface area contributed by atoms with Crippen LogP contribution in [0.2, 0.25) is 0 Å². The van der Waals surface area contributed by atoms with Gasteiger partial charge in [0.05, 0.1) is 7.11 Å². The van der Waals surface area contributed by atoms with Crippen molar-refractivity contribution in [2.75, 3.05) is 7.11 Å². The van der Waals surface area contributed by atoms with Gasteiger partial charge in [0.25, 0.3) is 5.91 Å². The molecule has 0 radical (unpaired) electrons. The number of carbonyl (C=O) groups excluding carboxylic acids is 2. The Balaban J connectivity index is 1.93. The summed E-state index contributed by atoms with van der Waals surface area (Å²) in [7, 11) is 1.32. The zero-order valence-corrected chi connectivity index (χ0v) is 13.8. The first-order valence-corrected chi connectivity index (χ1v) is 7.71. The number of nitrogens with one attached hydrogen (secondary N) is 1. The van der Waals surface area contributed by atoms with Crippen molar-refractivity contribution >= 4 is 18.0 Å². The van der Waals surface area contributed by atoms with Crippen LogP contribution in [-0.4, -0.2) is 37.7 Å². The summed E-state index contributed by atoms with van der Waals surface area (Å²) >= 11 is 0. The Bertz CT molecular complexity index is 658. The van der Waals surface area contributed by atoms with Crippen molar-refractivity contribution in [3.63, 3.8) is 0 Å². The van der Waals surface area contributed by atoms with Crippen LogP contribution in [0.4, 0.5) is 8.78 Å². The lowest BCUT2D eigenvalue weighted by molar-refractivity contribution is -0.150. The van der Waals surface area contributed by atoms with Gasteiger partial charge in [-0.05, 0) is 43.5 Å². The van der Waals surface area contributed by atoms with E-state index in [0.717, 1.165) is 18.9 Å². The van der Waals surface area contributed by atoms with Crippen LogP contribution < -0.4 is 14.8 Å². The van der Waals surface area contributed by atoms with Crippen LogP contribution >= 0.6 is 0 Å². The average Bonchev–Trinajstić information content (AvgIpc) is 3.37. The summed E-state index contributed by atoms with van der Waals surface area (Å²) in [6.07, 6.45) is 3.55. The molecule has 2 rings (SSSR count). The van der Waals surface area contributed by atoms with Gasteiger partial charge in [-0.3, -0.25) is 4.79 Å². The van der Waals surface area contributed by atoms with Gasteiger partial charge in [0.1, 0.15) is 0 Å². The smallest absolute Gasteiger partial charge is 0.387 e. The van der Waals surface area contributed by atoms with Crippen molar-refractivity contribution in [1.82, 2.24) is 5.32 Å². The van der Waals surface area contributed by atoms with E-state index in [0.29, 0.717) is 5.56 Å². The Kier molecular flexibility index (Phi) is 6.32. The third-order valence-electron chi connectivity index (χ3n) is 3.40. The van der Waals surface area contributed by atoms with E-state index in [-0.39, 0.29) is 23.4 Å². The number of hydrogen-bond donors (Lipinski definition) is 1. The molecule has 1 aromatic carbocycles. The first-order chi connectivity index (χ1) is 11.9. The molecule has 1 saturated carbocycles. The average molecular weight is 355 g/mol. The van der Waals surface area contributed by atoms with Gasteiger partial charge in [0.2, 0.25) is 0 Å². The summed E-state index contributed by atoms with van der Waals surface area (Å²) in [6.45, 7) is -1.48. The number of alkyl halides is 2. The highest BCUT2D eigenvalue weighted by Crippen LogP contribution is 2.29. The van der Waals surface area contributed by atoms with Gasteiger partial charge in [-0.15, -0.1) is 0 Å². The highest BCUT2D eigenvalue weighted by molar-refractivity contribution is 5.90. The molecule has 1 aliphatic rings. The minimum atomic E-state index is -2.96. The van der Waals surface area contributed by atoms with Crippen molar-refractivity contribution in [1.29, 1.82) is 0 Å². The molecule has 1 fully saturated rings. The van der Waals surface area contributed by atoms with E-state index in [9.17, 15) is 18.4 Å². The van der Waals surface area contributed by atoms with Crippen LogP contribution in [0, 0.1) is 0 Å². The number of carbonyl (C=O) groups is 2. The van der Waals surface area contributed by atoms with Crippen molar-refractivity contribution < 1.29 is 32.6 Å². The fourth-order valence-corrected chi connectivity index (χ4v) is 1.96. The summed E-state index contributed by atoms with van der Waals surface area (Å²) < 4.78 is 38.8. The van der Waals surface area contributed by atoms with E-state index < -0.39 is 18.7 Å². The molecule has 0 aliphatic heterocycles. The fourth-order valence-electron chi connectivity index (χ4n) is 1.96. The third-order valence-corrected chi connectivity index (χ3v) is 3.40. The molecule has 136 valence electrons. The van der Waals surface area contributed by atoms with E-state index in [1.54, 1.807) is 0 Å². The normalized spacial score (nSPS) is 15.1. The molecule has 1 atom stereocenters. The monoisotopic (exact) mass is 355 g/mol. The summed E-state index contributed by atoms with van der Waals surface area (Å²) in [5.41, 5.74) is 0.519. The van der Waals surface area contributed by atoms with Gasteiger partial charge in [0, 0.05) is 12.1 Å². The maximum atomic E-state index is 12.3. The number of ether oxygens (including phenoxy) is 3. The standard InChI is InChI=1S/C17H19F2NO5/c1-10(16(22)20-12-5-6-12)24-15(21)8-4-11-3-7-13(25-17(18)19)14(9-11)23-2/h3-4,7-10,12,17H,5-6H2,1-2H3,(H,20,22)/b8-4+/t10-/m1/s1. The van der Waals surface area contributed by atoms with Crippen LogP contribution in [0.3, 0.4) is 0 Å². The molecule has 1 aromatic rings. The predicted molar refractivity (Wildman–Crippen MR) is 85.4 cm³/mol. The molecule has 1 aliphatic carbocycles. The number of amides is 1. The lowest BCUT2D eigenvalue weighted by atomic mass is 10.2. The molecule has 0 unspecified atom stereocenters. The number of benzene rings is 1. The van der Waals surface area contributed by atoms with Crippen LogP contribution in [0.15, 0.2) is 24.3 Å². The van der Waals surface area contributed by atoms with Crippen LogP contribution in [-0.2, 0) is 14.3 Å². The Morgan fingerprint density at radius 2 is 2.00 bits per heavy atom. The Hall–Kier alpha value is -2.64. The quantitative estimate of drug-likeness (QED) is 0.573. The molecule has 0 aromatic heterocycles. The minimum absolute atomic E-state index is 0.105. The summed E-state index contributed by atoms with van der Waals surface area (Å²) in [5, 5.41) is 2.74. The molecule has 1 N–H and O–H groups in total. The number of rotatable bonds is 8. The second kappa shape index (κ2) is 8.46. The molecule has 6 nitrogen and oxygen atoms in total. The van der Waals surface area contributed by atoms with Crippen molar-refractivity contribution in [2.45, 2.75) is 38.5 Å².